The molecule has 2 heteroatoms. The molecule has 0 aliphatic carbocycles. The van der Waals surface area contributed by atoms with Crippen LogP contribution in [0.2, 0.25) is 0 Å². The smallest absolute Gasteiger partial charge is 0.101 e. The van der Waals surface area contributed by atoms with Crippen LogP contribution in [0, 0.1) is 5.92 Å². The first-order valence-corrected chi connectivity index (χ1v) is 4.49. The highest BCUT2D eigenvalue weighted by Crippen LogP contribution is 2.22. The zero-order valence-electron chi connectivity index (χ0n) is 7.68. The predicted molar refractivity (Wildman–Crippen MR) is 45.4 cm³/mol. The van der Waals surface area contributed by atoms with Crippen LogP contribution in [0.3, 0.4) is 0 Å². The standard InChI is InChI=1S/C9H18FN/c1-7(2)11-5-4-9(6-11)8(3)10/h7-9H,4-6H2,1-3H3/t8?,9-/m1/s1. The summed E-state index contributed by atoms with van der Waals surface area (Å²) in [5, 5.41) is 0. The maximum atomic E-state index is 12.8. The maximum absolute atomic E-state index is 12.8. The molecule has 1 unspecified atom stereocenters. The molecule has 1 nitrogen and oxygen atoms in total. The highest BCUT2D eigenvalue weighted by molar-refractivity contribution is 4.80. The molecule has 1 rings (SSSR count). The fraction of sp³-hybridized carbons (Fsp3) is 1.00. The second-order valence-electron chi connectivity index (χ2n) is 3.81. The van der Waals surface area contributed by atoms with Crippen molar-refractivity contribution in [3.05, 3.63) is 0 Å². The Balaban J connectivity index is 2.35. The van der Waals surface area contributed by atoms with E-state index in [0.717, 1.165) is 19.5 Å². The summed E-state index contributed by atoms with van der Waals surface area (Å²) in [5.74, 6) is 0.289. The molecule has 0 aromatic carbocycles. The Labute approximate surface area is 68.6 Å². The van der Waals surface area contributed by atoms with E-state index in [1.807, 2.05) is 0 Å². The minimum Gasteiger partial charge on any atom is -0.301 e. The Morgan fingerprint density at radius 3 is 2.27 bits per heavy atom. The van der Waals surface area contributed by atoms with E-state index in [-0.39, 0.29) is 5.92 Å². The van der Waals surface area contributed by atoms with Crippen molar-refractivity contribution in [2.24, 2.45) is 5.92 Å². The summed E-state index contributed by atoms with van der Waals surface area (Å²) in [4.78, 5) is 2.35. The quantitative estimate of drug-likeness (QED) is 0.596. The topological polar surface area (TPSA) is 3.24 Å². The molecule has 0 amide bonds. The van der Waals surface area contributed by atoms with Crippen LogP contribution in [0.15, 0.2) is 0 Å². The van der Waals surface area contributed by atoms with Gasteiger partial charge in [0.1, 0.15) is 6.17 Å². The van der Waals surface area contributed by atoms with Crippen molar-refractivity contribution in [1.29, 1.82) is 0 Å². The third-order valence-electron chi connectivity index (χ3n) is 2.64. The molecule has 0 spiro atoms. The molecule has 0 aromatic rings. The second kappa shape index (κ2) is 3.53. The van der Waals surface area contributed by atoms with Crippen LogP contribution in [0.4, 0.5) is 4.39 Å². The number of rotatable bonds is 2. The molecule has 2 atom stereocenters. The van der Waals surface area contributed by atoms with Crippen molar-refractivity contribution in [3.8, 4) is 0 Å². The van der Waals surface area contributed by atoms with Crippen molar-refractivity contribution >= 4 is 0 Å². The largest absolute Gasteiger partial charge is 0.301 e. The van der Waals surface area contributed by atoms with Crippen LogP contribution in [0.25, 0.3) is 0 Å². The van der Waals surface area contributed by atoms with Gasteiger partial charge in [-0.05, 0) is 33.7 Å². The van der Waals surface area contributed by atoms with Gasteiger partial charge in [0.15, 0.2) is 0 Å². The fourth-order valence-electron chi connectivity index (χ4n) is 1.66. The lowest BCUT2D eigenvalue weighted by Crippen LogP contribution is -2.29. The summed E-state index contributed by atoms with van der Waals surface area (Å²) in [7, 11) is 0. The highest BCUT2D eigenvalue weighted by atomic mass is 19.1. The molecule has 1 saturated heterocycles. The number of hydrogen-bond acceptors (Lipinski definition) is 1. The van der Waals surface area contributed by atoms with E-state index in [4.69, 9.17) is 0 Å². The Hall–Kier alpha value is -0.110. The van der Waals surface area contributed by atoms with Crippen LogP contribution in [0.1, 0.15) is 27.2 Å². The molecule has 66 valence electrons. The van der Waals surface area contributed by atoms with Gasteiger partial charge in [0.2, 0.25) is 0 Å². The number of alkyl halides is 1. The Morgan fingerprint density at radius 2 is 2.00 bits per heavy atom. The maximum Gasteiger partial charge on any atom is 0.101 e. The van der Waals surface area contributed by atoms with E-state index in [0.29, 0.717) is 6.04 Å². The Morgan fingerprint density at radius 1 is 1.36 bits per heavy atom. The Bertz CT molecular complexity index is 109. The normalized spacial score (nSPS) is 29.7. The molecule has 11 heavy (non-hydrogen) atoms. The number of hydrogen-bond donors (Lipinski definition) is 0. The van der Waals surface area contributed by atoms with Crippen molar-refractivity contribution in [2.75, 3.05) is 13.1 Å². The van der Waals surface area contributed by atoms with E-state index >= 15 is 0 Å². The fourth-order valence-corrected chi connectivity index (χ4v) is 1.66. The number of nitrogens with zero attached hydrogens (tertiary/aromatic N) is 1. The first-order chi connectivity index (χ1) is 5.11. The van der Waals surface area contributed by atoms with Crippen molar-refractivity contribution in [1.82, 2.24) is 4.90 Å². The summed E-state index contributed by atoms with van der Waals surface area (Å²) in [6.07, 6.45) is 0.411. The molecule has 0 aromatic heterocycles. The lowest BCUT2D eigenvalue weighted by Gasteiger charge is -2.20. The van der Waals surface area contributed by atoms with Crippen LogP contribution in [-0.4, -0.2) is 30.2 Å². The van der Waals surface area contributed by atoms with E-state index in [2.05, 4.69) is 18.7 Å². The average Bonchev–Trinajstić information content (AvgIpc) is 2.33. The zero-order valence-corrected chi connectivity index (χ0v) is 7.68. The van der Waals surface area contributed by atoms with Gasteiger partial charge in [0.25, 0.3) is 0 Å². The minimum absolute atomic E-state index is 0.289. The van der Waals surface area contributed by atoms with E-state index in [1.165, 1.54) is 0 Å². The van der Waals surface area contributed by atoms with Gasteiger partial charge < -0.3 is 4.90 Å². The molecule has 0 radical (unpaired) electrons. The summed E-state index contributed by atoms with van der Waals surface area (Å²) in [6.45, 7) is 8.05. The minimum atomic E-state index is -0.626. The number of halogens is 1. The summed E-state index contributed by atoms with van der Waals surface area (Å²) < 4.78 is 12.8. The molecule has 1 aliphatic heterocycles. The lowest BCUT2D eigenvalue weighted by atomic mass is 10.1. The molecule has 0 N–H and O–H groups in total. The average molecular weight is 159 g/mol. The van der Waals surface area contributed by atoms with Crippen LogP contribution < -0.4 is 0 Å². The SMILES string of the molecule is CC(F)[C@@H]1CCN(C(C)C)C1. The third kappa shape index (κ3) is 2.16. The highest BCUT2D eigenvalue weighted by Gasteiger charge is 2.27. The molecule has 0 saturated carbocycles. The molecule has 1 aliphatic rings. The third-order valence-corrected chi connectivity index (χ3v) is 2.64. The Kier molecular flexibility index (Phi) is 2.88. The van der Waals surface area contributed by atoms with E-state index in [1.54, 1.807) is 6.92 Å². The monoisotopic (exact) mass is 159 g/mol. The first kappa shape index (κ1) is 8.98. The summed E-state index contributed by atoms with van der Waals surface area (Å²) in [6, 6.07) is 0.582. The van der Waals surface area contributed by atoms with Crippen LogP contribution >= 0.6 is 0 Å². The van der Waals surface area contributed by atoms with E-state index < -0.39 is 6.17 Å². The van der Waals surface area contributed by atoms with Gasteiger partial charge in [-0.25, -0.2) is 4.39 Å². The van der Waals surface area contributed by atoms with Gasteiger partial charge in [-0.3, -0.25) is 0 Å². The van der Waals surface area contributed by atoms with Gasteiger partial charge in [-0.2, -0.15) is 0 Å². The lowest BCUT2D eigenvalue weighted by molar-refractivity contribution is 0.218. The molecular formula is C9H18FN. The van der Waals surface area contributed by atoms with Crippen molar-refractivity contribution < 1.29 is 4.39 Å². The molecule has 0 bridgehead atoms. The van der Waals surface area contributed by atoms with Gasteiger partial charge in [-0.1, -0.05) is 0 Å². The van der Waals surface area contributed by atoms with Crippen molar-refractivity contribution in [2.45, 2.75) is 39.4 Å². The molecular weight excluding hydrogens is 141 g/mol. The number of likely N-dealkylation sites (tertiary alicyclic amines) is 1. The van der Waals surface area contributed by atoms with Gasteiger partial charge in [0.05, 0.1) is 0 Å². The summed E-state index contributed by atoms with van der Waals surface area (Å²) >= 11 is 0. The van der Waals surface area contributed by atoms with Gasteiger partial charge in [-0.15, -0.1) is 0 Å². The van der Waals surface area contributed by atoms with Crippen LogP contribution in [-0.2, 0) is 0 Å². The van der Waals surface area contributed by atoms with Crippen molar-refractivity contribution in [3.63, 3.8) is 0 Å². The molecule has 1 heterocycles. The van der Waals surface area contributed by atoms with Crippen LogP contribution in [0.5, 0.6) is 0 Å². The zero-order chi connectivity index (χ0) is 8.43. The summed E-state index contributed by atoms with van der Waals surface area (Å²) in [5.41, 5.74) is 0. The van der Waals surface area contributed by atoms with E-state index in [9.17, 15) is 4.39 Å². The van der Waals surface area contributed by atoms with Gasteiger partial charge in [0, 0.05) is 18.5 Å². The first-order valence-electron chi connectivity index (χ1n) is 4.49. The molecule has 1 fully saturated rings. The second-order valence-corrected chi connectivity index (χ2v) is 3.81. The van der Waals surface area contributed by atoms with Gasteiger partial charge >= 0.3 is 0 Å². The predicted octanol–water partition coefficient (Wildman–Crippen LogP) is 2.07.